The molecule has 2 N–H and O–H groups in total. The third-order valence-electron chi connectivity index (χ3n) is 11.7. The predicted molar refractivity (Wildman–Crippen MR) is 165 cm³/mol. The van der Waals surface area contributed by atoms with Gasteiger partial charge in [-0.15, -0.1) is 6.58 Å². The molecule has 4 aliphatic rings. The summed E-state index contributed by atoms with van der Waals surface area (Å²) in [6.07, 6.45) is 4.58. The highest BCUT2D eigenvalue weighted by Crippen LogP contribution is 2.68. The number of alkyl carbamates (subject to hydrolysis) is 3. The highest BCUT2D eigenvalue weighted by atomic mass is 16.6. The van der Waals surface area contributed by atoms with Crippen LogP contribution < -0.4 is 10.6 Å². The molecule has 44 heavy (non-hydrogen) atoms. The van der Waals surface area contributed by atoms with Crippen molar-refractivity contribution in [3.63, 3.8) is 0 Å². The molecular weight excluding hydrogens is 564 g/mol. The number of rotatable bonds is 5. The molecule has 10 nitrogen and oxygen atoms in total. The molecule has 10 heteroatoms. The fraction of sp³-hybridized carbons (Fsp3) is 0.824. The Kier molecular flexibility index (Phi) is 9.84. The van der Waals surface area contributed by atoms with Gasteiger partial charge in [0.2, 0.25) is 0 Å². The van der Waals surface area contributed by atoms with Crippen molar-refractivity contribution in [1.29, 1.82) is 0 Å². The Bertz CT molecular complexity index is 1130. The van der Waals surface area contributed by atoms with Crippen LogP contribution in [-0.2, 0) is 23.7 Å². The van der Waals surface area contributed by atoms with Crippen LogP contribution in [-0.4, -0.2) is 61.1 Å². The first-order valence-electron chi connectivity index (χ1n) is 16.4. The van der Waals surface area contributed by atoms with Crippen molar-refractivity contribution in [1.82, 2.24) is 10.6 Å². The molecule has 2 bridgehead atoms. The maximum Gasteiger partial charge on any atom is 0.416 e. The van der Waals surface area contributed by atoms with Gasteiger partial charge in [0.1, 0.15) is 23.6 Å². The fourth-order valence-corrected chi connectivity index (χ4v) is 9.02. The van der Waals surface area contributed by atoms with Gasteiger partial charge in [0.25, 0.3) is 0 Å². The van der Waals surface area contributed by atoms with Gasteiger partial charge in [0.15, 0.2) is 0 Å². The Morgan fingerprint density at radius 3 is 2.14 bits per heavy atom. The lowest BCUT2D eigenvalue weighted by molar-refractivity contribution is -0.188. The molecule has 0 spiro atoms. The topological polar surface area (TPSA) is 129 Å². The summed E-state index contributed by atoms with van der Waals surface area (Å²) < 4.78 is 23.1. The van der Waals surface area contributed by atoms with Crippen molar-refractivity contribution in [3.8, 4) is 0 Å². The van der Waals surface area contributed by atoms with E-state index in [1.165, 1.54) is 0 Å². The second-order valence-electron chi connectivity index (χ2n) is 15.3. The van der Waals surface area contributed by atoms with Crippen LogP contribution in [0.4, 0.5) is 14.4 Å². The fourth-order valence-electron chi connectivity index (χ4n) is 9.02. The maximum absolute atomic E-state index is 14.1. The molecule has 0 aromatic carbocycles. The molecule has 0 aliphatic heterocycles. The highest BCUT2D eigenvalue weighted by Gasteiger charge is 2.68. The van der Waals surface area contributed by atoms with E-state index in [-0.39, 0.29) is 53.6 Å². The molecule has 3 amide bonds. The lowest BCUT2D eigenvalue weighted by Crippen LogP contribution is -2.63. The SMILES string of the molecule is C=C[C@]1(C)C[C@@H](OC(=O)NC(=O)OC2CCC(NC(=O)OC(C)(C)C)CC2)[C@]2(C)C(C)CC[C@]3(CCC(OC)C32)[C@@H](C)C1=O. The average Bonchev–Trinajstić information content (AvgIpc) is 3.34. The van der Waals surface area contributed by atoms with Crippen LogP contribution in [0.15, 0.2) is 12.7 Å². The minimum Gasteiger partial charge on any atom is -0.446 e. The summed E-state index contributed by atoms with van der Waals surface area (Å²) in [6, 6.07) is -0.0708. The zero-order valence-corrected chi connectivity index (χ0v) is 28.0. The number of methoxy groups -OCH3 is 1. The maximum atomic E-state index is 14.1. The first kappa shape index (κ1) is 34.3. The van der Waals surface area contributed by atoms with E-state index in [1.807, 2.05) is 27.7 Å². The van der Waals surface area contributed by atoms with Crippen LogP contribution in [0.3, 0.4) is 0 Å². The first-order valence-corrected chi connectivity index (χ1v) is 16.4. The largest absolute Gasteiger partial charge is 0.446 e. The Morgan fingerprint density at radius 2 is 1.55 bits per heavy atom. The van der Waals surface area contributed by atoms with Gasteiger partial charge in [0.05, 0.1) is 6.10 Å². The number of hydrogen-bond donors (Lipinski definition) is 2. The van der Waals surface area contributed by atoms with E-state index >= 15 is 0 Å². The first-order chi connectivity index (χ1) is 20.5. The number of carbonyl (C=O) groups excluding carboxylic acids is 4. The monoisotopic (exact) mass is 618 g/mol. The predicted octanol–water partition coefficient (Wildman–Crippen LogP) is 6.70. The molecule has 0 saturated heterocycles. The van der Waals surface area contributed by atoms with Crippen LogP contribution in [0.5, 0.6) is 0 Å². The second-order valence-corrected chi connectivity index (χ2v) is 15.3. The van der Waals surface area contributed by atoms with Crippen LogP contribution in [0.1, 0.15) is 106 Å². The summed E-state index contributed by atoms with van der Waals surface area (Å²) in [7, 11) is 1.73. The Balaban J connectivity index is 1.44. The number of nitrogens with one attached hydrogen (secondary N) is 2. The molecule has 0 aromatic rings. The minimum atomic E-state index is -0.891. The zero-order chi connectivity index (χ0) is 32.7. The summed E-state index contributed by atoms with van der Waals surface area (Å²) in [4.78, 5) is 52.3. The van der Waals surface area contributed by atoms with Gasteiger partial charge in [0, 0.05) is 42.2 Å². The Morgan fingerprint density at radius 1 is 0.932 bits per heavy atom. The standard InChI is InChI=1S/C34H54N2O8/c1-10-32(7)19-25(33(8)20(2)15-17-34(21(3)27(32)37)18-16-24(41-9)26(33)34)43-29(39)36-28(38)42-23-13-11-22(12-14-23)35-30(40)44-31(4,5)6/h10,20-26H,1,11-19H2,2-9H3,(H,35,40)(H,36,38,39)/t20?,21-,22?,23?,24?,25+,26?,32+,33-,34-/m0/s1. The van der Waals surface area contributed by atoms with Crippen LogP contribution in [0, 0.1) is 34.0 Å². The van der Waals surface area contributed by atoms with Crippen molar-refractivity contribution in [2.45, 2.75) is 136 Å². The molecule has 4 fully saturated rings. The van der Waals surface area contributed by atoms with Gasteiger partial charge < -0.3 is 24.3 Å². The zero-order valence-electron chi connectivity index (χ0n) is 28.0. The summed E-state index contributed by atoms with van der Waals surface area (Å²) >= 11 is 0. The van der Waals surface area contributed by atoms with E-state index in [0.717, 1.165) is 25.7 Å². The molecule has 4 rings (SSSR count). The van der Waals surface area contributed by atoms with Gasteiger partial charge >= 0.3 is 18.3 Å². The number of amides is 3. The van der Waals surface area contributed by atoms with Crippen molar-refractivity contribution >= 4 is 24.1 Å². The number of Topliss-reactive ketones (excluding diaryl/α,β-unsaturated/α-hetero) is 1. The molecule has 4 aliphatic carbocycles. The molecule has 8 atom stereocenters. The van der Waals surface area contributed by atoms with Crippen molar-refractivity contribution in [3.05, 3.63) is 12.7 Å². The lowest BCUT2D eigenvalue weighted by atomic mass is 9.44. The van der Waals surface area contributed by atoms with Gasteiger partial charge in [-0.2, -0.15) is 0 Å². The lowest BCUT2D eigenvalue weighted by Gasteiger charge is -2.61. The molecule has 4 saturated carbocycles. The second kappa shape index (κ2) is 12.6. The molecule has 0 radical (unpaired) electrons. The summed E-state index contributed by atoms with van der Waals surface area (Å²) in [5.41, 5.74) is -2.21. The van der Waals surface area contributed by atoms with E-state index in [0.29, 0.717) is 25.7 Å². The van der Waals surface area contributed by atoms with Crippen LogP contribution in [0.25, 0.3) is 0 Å². The minimum absolute atomic E-state index is 0.0197. The average molecular weight is 619 g/mol. The number of hydrogen-bond acceptors (Lipinski definition) is 8. The molecular formula is C34H54N2O8. The van der Waals surface area contributed by atoms with Crippen molar-refractivity contribution < 1.29 is 38.1 Å². The molecule has 3 unspecified atom stereocenters. The van der Waals surface area contributed by atoms with Crippen LogP contribution >= 0.6 is 0 Å². The third-order valence-corrected chi connectivity index (χ3v) is 11.7. The van der Waals surface area contributed by atoms with E-state index in [4.69, 9.17) is 18.9 Å². The number of ether oxygens (including phenoxy) is 4. The summed E-state index contributed by atoms with van der Waals surface area (Å²) in [5, 5.41) is 5.15. The summed E-state index contributed by atoms with van der Waals surface area (Å²) in [5.74, 6) is 0.157. The number of allylic oxidation sites excluding steroid dienone is 1. The van der Waals surface area contributed by atoms with E-state index in [1.54, 1.807) is 13.2 Å². The normalized spacial score (nSPS) is 40.5. The van der Waals surface area contributed by atoms with Crippen molar-refractivity contribution in [2.24, 2.45) is 34.0 Å². The van der Waals surface area contributed by atoms with Gasteiger partial charge in [-0.1, -0.05) is 26.8 Å². The quantitative estimate of drug-likeness (QED) is 0.257. The van der Waals surface area contributed by atoms with Gasteiger partial charge in [-0.05, 0) is 90.4 Å². The molecule has 0 aromatic heterocycles. The van der Waals surface area contributed by atoms with E-state index < -0.39 is 40.8 Å². The van der Waals surface area contributed by atoms with Crippen molar-refractivity contribution in [2.75, 3.05) is 7.11 Å². The third kappa shape index (κ3) is 6.51. The number of ketones is 1. The van der Waals surface area contributed by atoms with Gasteiger partial charge in [-0.25, -0.2) is 19.7 Å². The van der Waals surface area contributed by atoms with E-state index in [9.17, 15) is 19.2 Å². The van der Waals surface area contributed by atoms with Crippen LogP contribution in [0.2, 0.25) is 0 Å². The Labute approximate surface area is 262 Å². The smallest absolute Gasteiger partial charge is 0.416 e. The molecule has 0 heterocycles. The van der Waals surface area contributed by atoms with E-state index in [2.05, 4.69) is 38.0 Å². The number of imide groups is 1. The van der Waals surface area contributed by atoms with Gasteiger partial charge in [-0.3, -0.25) is 4.79 Å². The highest BCUT2D eigenvalue weighted by molar-refractivity contribution is 5.90. The molecule has 248 valence electrons. The number of carbonyl (C=O) groups is 4. The Hall–Kier alpha value is -2.62. The summed E-state index contributed by atoms with van der Waals surface area (Å²) in [6.45, 7) is 17.8.